The number of thiophene rings is 1. The third kappa shape index (κ3) is 3.96. The third-order valence-electron chi connectivity index (χ3n) is 5.63. The van der Waals surface area contributed by atoms with E-state index in [1.807, 2.05) is 24.8 Å². The predicted molar refractivity (Wildman–Crippen MR) is 110 cm³/mol. The summed E-state index contributed by atoms with van der Waals surface area (Å²) < 4.78 is 6.32. The van der Waals surface area contributed by atoms with E-state index in [2.05, 4.69) is 14.9 Å². The molecule has 1 amide bonds. The molecular weight excluding hydrogens is 400 g/mol. The van der Waals surface area contributed by atoms with E-state index in [0.29, 0.717) is 36.7 Å². The molecule has 0 radical (unpaired) electrons. The summed E-state index contributed by atoms with van der Waals surface area (Å²) in [7, 11) is 0. The van der Waals surface area contributed by atoms with Crippen LogP contribution in [-0.4, -0.2) is 70.9 Å². The molecule has 0 spiro atoms. The Morgan fingerprint density at radius 1 is 1.25 bits per heavy atom. The summed E-state index contributed by atoms with van der Waals surface area (Å²) in [4.78, 5) is 26.5. The number of aliphatic hydroxyl groups is 1. The normalized spacial score (nSPS) is 19.4. The van der Waals surface area contributed by atoms with Crippen molar-refractivity contribution in [2.45, 2.75) is 32.3 Å². The van der Waals surface area contributed by atoms with Gasteiger partial charge in [0.2, 0.25) is 5.28 Å². The number of likely N-dealkylation sites (tertiary alicyclic amines) is 1. The number of morpholine rings is 1. The maximum absolute atomic E-state index is 13.1. The first-order chi connectivity index (χ1) is 13.3. The number of carbonyl (C=O) groups is 1. The Hall–Kier alpha value is -1.48. The van der Waals surface area contributed by atoms with Crippen molar-refractivity contribution in [3.8, 4) is 0 Å². The Balaban J connectivity index is 1.57. The average Bonchev–Trinajstić information content (AvgIpc) is 3.10. The number of halogens is 1. The third-order valence-corrected chi connectivity index (χ3v) is 6.91. The van der Waals surface area contributed by atoms with Gasteiger partial charge in [-0.25, -0.2) is 4.98 Å². The minimum absolute atomic E-state index is 0.0150. The highest BCUT2D eigenvalue weighted by Crippen LogP contribution is 2.35. The van der Waals surface area contributed by atoms with E-state index in [-0.39, 0.29) is 17.1 Å². The Morgan fingerprint density at radius 2 is 1.93 bits per heavy atom. The van der Waals surface area contributed by atoms with E-state index in [1.54, 1.807) is 0 Å². The molecule has 4 rings (SSSR count). The molecule has 0 atom stereocenters. The van der Waals surface area contributed by atoms with Gasteiger partial charge in [0.25, 0.3) is 5.91 Å². The molecule has 2 aliphatic heterocycles. The van der Waals surface area contributed by atoms with Crippen LogP contribution in [0.1, 0.15) is 36.4 Å². The number of aromatic nitrogens is 2. The average molecular weight is 425 g/mol. The first-order valence-electron chi connectivity index (χ1n) is 9.64. The van der Waals surface area contributed by atoms with Crippen molar-refractivity contribution >= 4 is 44.9 Å². The molecule has 4 heterocycles. The Kier molecular flexibility index (Phi) is 5.48. The minimum Gasteiger partial charge on any atom is -0.390 e. The highest BCUT2D eigenvalue weighted by atomic mass is 35.5. The number of hydrogen-bond acceptors (Lipinski definition) is 7. The second-order valence-electron chi connectivity index (χ2n) is 7.96. The fourth-order valence-corrected chi connectivity index (χ4v) is 5.18. The zero-order chi connectivity index (χ0) is 19.9. The molecule has 0 aromatic carbocycles. The fourth-order valence-electron chi connectivity index (χ4n) is 3.93. The Labute approximate surface area is 173 Å². The largest absolute Gasteiger partial charge is 0.390 e. The van der Waals surface area contributed by atoms with Crippen LogP contribution in [-0.2, 0) is 4.74 Å². The molecule has 2 aromatic heterocycles. The number of fused-ring (bicyclic) bond motifs is 1. The van der Waals surface area contributed by atoms with Gasteiger partial charge in [-0.3, -0.25) is 4.79 Å². The molecule has 2 fully saturated rings. The lowest BCUT2D eigenvalue weighted by Crippen LogP contribution is -2.44. The van der Waals surface area contributed by atoms with Crippen LogP contribution in [0.5, 0.6) is 0 Å². The van der Waals surface area contributed by atoms with E-state index < -0.39 is 5.60 Å². The van der Waals surface area contributed by atoms with E-state index in [0.717, 1.165) is 36.4 Å². The number of hydrogen-bond donors (Lipinski definition) is 1. The lowest BCUT2D eigenvalue weighted by atomic mass is 9.83. The van der Waals surface area contributed by atoms with Crippen LogP contribution in [0.15, 0.2) is 6.07 Å². The zero-order valence-electron chi connectivity index (χ0n) is 16.2. The summed E-state index contributed by atoms with van der Waals surface area (Å²) in [6, 6.07) is 1.82. The van der Waals surface area contributed by atoms with Crippen molar-refractivity contribution in [2.24, 2.45) is 5.92 Å². The second-order valence-corrected chi connectivity index (χ2v) is 9.35. The SMILES string of the molecule is CC(C)(O)C1CCN(C(=O)c2cc3nc(Cl)nc(N4CCOCC4)c3s2)CC1. The summed E-state index contributed by atoms with van der Waals surface area (Å²) >= 11 is 7.57. The fraction of sp³-hybridized carbons (Fsp3) is 0.632. The summed E-state index contributed by atoms with van der Waals surface area (Å²) in [5, 5.41) is 10.4. The first-order valence-corrected chi connectivity index (χ1v) is 10.8. The molecular formula is C19H25ClN4O3S. The molecule has 2 aliphatic rings. The number of carbonyl (C=O) groups excluding carboxylic acids is 1. The Bertz CT molecular complexity index is 868. The maximum atomic E-state index is 13.1. The van der Waals surface area contributed by atoms with Gasteiger partial charge in [0.15, 0.2) is 5.82 Å². The van der Waals surface area contributed by atoms with Gasteiger partial charge in [0, 0.05) is 26.2 Å². The number of ether oxygens (including phenoxy) is 1. The first kappa shape index (κ1) is 19.8. The maximum Gasteiger partial charge on any atom is 0.264 e. The molecule has 0 unspecified atom stereocenters. The summed E-state index contributed by atoms with van der Waals surface area (Å²) in [5.74, 6) is 1.01. The number of rotatable bonds is 3. The van der Waals surface area contributed by atoms with Gasteiger partial charge in [-0.15, -0.1) is 11.3 Å². The van der Waals surface area contributed by atoms with Gasteiger partial charge in [-0.2, -0.15) is 4.98 Å². The molecule has 0 saturated carbocycles. The van der Waals surface area contributed by atoms with Crippen LogP contribution < -0.4 is 4.90 Å². The van der Waals surface area contributed by atoms with E-state index in [1.165, 1.54) is 11.3 Å². The van der Waals surface area contributed by atoms with Crippen molar-refractivity contribution < 1.29 is 14.6 Å². The highest BCUT2D eigenvalue weighted by Gasteiger charge is 2.33. The van der Waals surface area contributed by atoms with Crippen LogP contribution in [0.25, 0.3) is 10.2 Å². The van der Waals surface area contributed by atoms with Crippen LogP contribution in [0.3, 0.4) is 0 Å². The molecule has 0 bridgehead atoms. The molecule has 2 saturated heterocycles. The summed E-state index contributed by atoms with van der Waals surface area (Å²) in [6.45, 7) is 7.79. The van der Waals surface area contributed by atoms with Gasteiger partial charge < -0.3 is 19.6 Å². The molecule has 7 nitrogen and oxygen atoms in total. The van der Waals surface area contributed by atoms with Gasteiger partial charge in [-0.05, 0) is 50.3 Å². The predicted octanol–water partition coefficient (Wildman–Crippen LogP) is 2.80. The number of amides is 1. The van der Waals surface area contributed by atoms with Crippen molar-refractivity contribution in [1.82, 2.24) is 14.9 Å². The minimum atomic E-state index is -0.702. The van der Waals surface area contributed by atoms with Crippen molar-refractivity contribution in [3.63, 3.8) is 0 Å². The van der Waals surface area contributed by atoms with Crippen molar-refractivity contribution in [3.05, 3.63) is 16.2 Å². The molecule has 28 heavy (non-hydrogen) atoms. The van der Waals surface area contributed by atoms with Crippen LogP contribution in [0.4, 0.5) is 5.82 Å². The smallest absolute Gasteiger partial charge is 0.264 e. The van der Waals surface area contributed by atoms with Gasteiger partial charge in [0.05, 0.1) is 33.9 Å². The quantitative estimate of drug-likeness (QED) is 0.763. The zero-order valence-corrected chi connectivity index (χ0v) is 17.7. The van der Waals surface area contributed by atoms with E-state index in [9.17, 15) is 9.90 Å². The molecule has 9 heteroatoms. The Morgan fingerprint density at radius 3 is 2.57 bits per heavy atom. The standard InChI is InChI=1S/C19H25ClN4O3S/c1-19(2,26)12-3-5-24(6-4-12)17(25)14-11-13-15(28-14)16(22-18(20)21-13)23-7-9-27-10-8-23/h11-12,26H,3-10H2,1-2H3. The number of anilines is 1. The molecule has 152 valence electrons. The van der Waals surface area contributed by atoms with Crippen LogP contribution in [0, 0.1) is 5.92 Å². The second kappa shape index (κ2) is 7.74. The van der Waals surface area contributed by atoms with E-state index >= 15 is 0 Å². The number of nitrogens with zero attached hydrogens (tertiary/aromatic N) is 4. The van der Waals surface area contributed by atoms with E-state index in [4.69, 9.17) is 16.3 Å². The summed E-state index contributed by atoms with van der Waals surface area (Å²) in [5.41, 5.74) is 0.00723. The molecule has 1 N–H and O–H groups in total. The lowest BCUT2D eigenvalue weighted by Gasteiger charge is -2.37. The number of piperidine rings is 1. The monoisotopic (exact) mass is 424 g/mol. The van der Waals surface area contributed by atoms with Crippen molar-refractivity contribution in [2.75, 3.05) is 44.3 Å². The van der Waals surface area contributed by atoms with Gasteiger partial charge >= 0.3 is 0 Å². The van der Waals surface area contributed by atoms with Gasteiger partial charge in [-0.1, -0.05) is 0 Å². The van der Waals surface area contributed by atoms with Crippen molar-refractivity contribution in [1.29, 1.82) is 0 Å². The lowest BCUT2D eigenvalue weighted by molar-refractivity contribution is -0.0107. The van der Waals surface area contributed by atoms with Crippen LogP contribution >= 0.6 is 22.9 Å². The summed E-state index contributed by atoms with van der Waals surface area (Å²) in [6.07, 6.45) is 1.62. The highest BCUT2D eigenvalue weighted by molar-refractivity contribution is 7.21. The van der Waals surface area contributed by atoms with Gasteiger partial charge in [0.1, 0.15) is 0 Å². The van der Waals surface area contributed by atoms with Crippen LogP contribution in [0.2, 0.25) is 5.28 Å². The topological polar surface area (TPSA) is 78.8 Å². The molecule has 0 aliphatic carbocycles. The molecule has 2 aromatic rings.